The van der Waals surface area contributed by atoms with Gasteiger partial charge in [-0.05, 0) is 12.8 Å². The van der Waals surface area contributed by atoms with Gasteiger partial charge < -0.3 is 9.47 Å². The third-order valence-corrected chi connectivity index (χ3v) is 2.30. The van der Waals surface area contributed by atoms with Crippen molar-refractivity contribution in [2.75, 3.05) is 6.61 Å². The zero-order valence-electron chi connectivity index (χ0n) is 11.2. The Morgan fingerprint density at radius 2 is 1.65 bits per heavy atom. The van der Waals surface area contributed by atoms with Crippen LogP contribution in [-0.2, 0) is 14.3 Å². The summed E-state index contributed by atoms with van der Waals surface area (Å²) in [5, 5.41) is 0. The van der Waals surface area contributed by atoms with Crippen LogP contribution in [0.2, 0.25) is 0 Å². The minimum absolute atomic E-state index is 0.0284. The summed E-state index contributed by atoms with van der Waals surface area (Å²) in [5.41, 5.74) is 0. The molecule has 0 fully saturated rings. The highest BCUT2D eigenvalue weighted by Gasteiger charge is 2.09. The smallest absolute Gasteiger partial charge is 0.311 e. The van der Waals surface area contributed by atoms with Crippen molar-refractivity contribution in [2.45, 2.75) is 32.6 Å². The van der Waals surface area contributed by atoms with Gasteiger partial charge in [-0.15, -0.1) is 0 Å². The molecule has 0 saturated carbocycles. The maximum absolute atomic E-state index is 12.9. The Bertz CT molecular complexity index is 454. The van der Waals surface area contributed by atoms with Crippen LogP contribution in [0.1, 0.15) is 32.6 Å². The molecule has 0 aliphatic carbocycles. The van der Waals surface area contributed by atoms with E-state index in [1.807, 2.05) is 6.92 Å². The number of hydrogen-bond donors (Lipinski definition) is 0. The second-order valence-corrected chi connectivity index (χ2v) is 4.15. The SMILES string of the molecule is CCCOC(=O)CCCC(=O)Oc1cc(F)cc(F)c1. The molecule has 0 N–H and O–H groups in total. The summed E-state index contributed by atoms with van der Waals surface area (Å²) in [6.07, 6.45) is 1.07. The zero-order valence-corrected chi connectivity index (χ0v) is 11.2. The van der Waals surface area contributed by atoms with E-state index < -0.39 is 17.6 Å². The van der Waals surface area contributed by atoms with Crippen LogP contribution in [0.3, 0.4) is 0 Å². The molecule has 0 bridgehead atoms. The molecular formula is C14H16F2O4. The molecule has 0 heterocycles. The van der Waals surface area contributed by atoms with Crippen molar-refractivity contribution in [2.24, 2.45) is 0 Å². The number of carbonyl (C=O) groups is 2. The van der Waals surface area contributed by atoms with Crippen LogP contribution in [0.15, 0.2) is 18.2 Å². The summed E-state index contributed by atoms with van der Waals surface area (Å²) >= 11 is 0. The lowest BCUT2D eigenvalue weighted by molar-refractivity contribution is -0.144. The van der Waals surface area contributed by atoms with E-state index in [0.29, 0.717) is 12.7 Å². The van der Waals surface area contributed by atoms with E-state index in [-0.39, 0.29) is 31.0 Å². The van der Waals surface area contributed by atoms with Crippen LogP contribution in [0.25, 0.3) is 0 Å². The first-order chi connectivity index (χ1) is 9.51. The van der Waals surface area contributed by atoms with Gasteiger partial charge in [0.15, 0.2) is 0 Å². The fourth-order valence-corrected chi connectivity index (χ4v) is 1.44. The summed E-state index contributed by atoms with van der Waals surface area (Å²) < 4.78 is 35.3. The number of rotatable bonds is 7. The summed E-state index contributed by atoms with van der Waals surface area (Å²) in [6, 6.07) is 2.51. The maximum atomic E-state index is 12.9. The first-order valence-corrected chi connectivity index (χ1v) is 6.33. The molecule has 0 aliphatic heterocycles. The van der Waals surface area contributed by atoms with Crippen molar-refractivity contribution in [3.05, 3.63) is 29.8 Å². The number of carbonyl (C=O) groups excluding carboxylic acids is 2. The highest BCUT2D eigenvalue weighted by molar-refractivity contribution is 5.74. The van der Waals surface area contributed by atoms with Gasteiger partial charge in [0, 0.05) is 31.0 Å². The van der Waals surface area contributed by atoms with Gasteiger partial charge in [0.1, 0.15) is 17.4 Å². The van der Waals surface area contributed by atoms with Crippen molar-refractivity contribution in [1.29, 1.82) is 0 Å². The van der Waals surface area contributed by atoms with Crippen LogP contribution in [0, 0.1) is 11.6 Å². The molecule has 4 nitrogen and oxygen atoms in total. The largest absolute Gasteiger partial charge is 0.466 e. The Morgan fingerprint density at radius 3 is 2.25 bits per heavy atom. The standard InChI is InChI=1S/C14H16F2O4/c1-2-6-19-13(17)4-3-5-14(18)20-12-8-10(15)7-11(16)9-12/h7-9H,2-6H2,1H3. The normalized spacial score (nSPS) is 10.2. The number of hydrogen-bond acceptors (Lipinski definition) is 4. The quantitative estimate of drug-likeness (QED) is 0.571. The molecule has 6 heteroatoms. The lowest BCUT2D eigenvalue weighted by Gasteiger charge is -2.05. The van der Waals surface area contributed by atoms with E-state index in [1.54, 1.807) is 0 Å². The van der Waals surface area contributed by atoms with E-state index in [1.165, 1.54) is 0 Å². The summed E-state index contributed by atoms with van der Waals surface area (Å²) in [5.74, 6) is -2.87. The van der Waals surface area contributed by atoms with E-state index >= 15 is 0 Å². The van der Waals surface area contributed by atoms with Crippen molar-refractivity contribution in [1.82, 2.24) is 0 Å². The average Bonchev–Trinajstić information content (AvgIpc) is 2.35. The lowest BCUT2D eigenvalue weighted by Crippen LogP contribution is -2.10. The first-order valence-electron chi connectivity index (χ1n) is 6.33. The highest BCUT2D eigenvalue weighted by Crippen LogP contribution is 2.16. The predicted molar refractivity (Wildman–Crippen MR) is 67.1 cm³/mol. The zero-order chi connectivity index (χ0) is 15.0. The fourth-order valence-electron chi connectivity index (χ4n) is 1.44. The van der Waals surface area contributed by atoms with Gasteiger partial charge in [-0.25, -0.2) is 8.78 Å². The van der Waals surface area contributed by atoms with Crippen molar-refractivity contribution in [3.63, 3.8) is 0 Å². The molecule has 0 amide bonds. The minimum Gasteiger partial charge on any atom is -0.466 e. The van der Waals surface area contributed by atoms with E-state index in [0.717, 1.165) is 18.6 Å². The minimum atomic E-state index is -0.823. The number of esters is 2. The Kier molecular flexibility index (Phi) is 6.63. The molecule has 110 valence electrons. The van der Waals surface area contributed by atoms with Gasteiger partial charge in [0.25, 0.3) is 0 Å². The average molecular weight is 286 g/mol. The number of benzene rings is 1. The lowest BCUT2D eigenvalue weighted by atomic mass is 10.2. The molecule has 0 saturated heterocycles. The monoisotopic (exact) mass is 286 g/mol. The van der Waals surface area contributed by atoms with Crippen LogP contribution >= 0.6 is 0 Å². The second kappa shape index (κ2) is 8.24. The van der Waals surface area contributed by atoms with Gasteiger partial charge in [0.2, 0.25) is 0 Å². The van der Waals surface area contributed by atoms with Crippen LogP contribution in [0.4, 0.5) is 8.78 Å². The van der Waals surface area contributed by atoms with Crippen molar-refractivity contribution < 1.29 is 27.8 Å². The molecule has 1 rings (SSSR count). The van der Waals surface area contributed by atoms with Crippen molar-refractivity contribution in [3.8, 4) is 5.75 Å². The summed E-state index contributed by atoms with van der Waals surface area (Å²) in [4.78, 5) is 22.6. The molecule has 0 spiro atoms. The molecule has 1 aromatic rings. The summed E-state index contributed by atoms with van der Waals surface area (Å²) in [6.45, 7) is 2.23. The second-order valence-electron chi connectivity index (χ2n) is 4.15. The van der Waals surface area contributed by atoms with E-state index in [4.69, 9.17) is 9.47 Å². The van der Waals surface area contributed by atoms with Gasteiger partial charge in [-0.1, -0.05) is 6.92 Å². The number of ether oxygens (including phenoxy) is 2. The van der Waals surface area contributed by atoms with Crippen LogP contribution in [0.5, 0.6) is 5.75 Å². The molecule has 0 radical (unpaired) electrons. The van der Waals surface area contributed by atoms with Crippen LogP contribution < -0.4 is 4.74 Å². The molecule has 1 aromatic carbocycles. The van der Waals surface area contributed by atoms with Crippen molar-refractivity contribution >= 4 is 11.9 Å². The first kappa shape index (κ1) is 16.1. The Hall–Kier alpha value is -1.98. The fraction of sp³-hybridized carbons (Fsp3) is 0.429. The molecule has 0 atom stereocenters. The molecule has 0 aliphatic rings. The Labute approximate surface area is 115 Å². The Morgan fingerprint density at radius 1 is 1.05 bits per heavy atom. The van der Waals surface area contributed by atoms with Gasteiger partial charge in [-0.3, -0.25) is 9.59 Å². The van der Waals surface area contributed by atoms with Gasteiger partial charge in [0.05, 0.1) is 6.61 Å². The maximum Gasteiger partial charge on any atom is 0.311 e. The predicted octanol–water partition coefficient (Wildman–Crippen LogP) is 2.99. The molecule has 20 heavy (non-hydrogen) atoms. The third-order valence-electron chi connectivity index (χ3n) is 2.30. The van der Waals surface area contributed by atoms with Gasteiger partial charge >= 0.3 is 11.9 Å². The highest BCUT2D eigenvalue weighted by atomic mass is 19.1. The third kappa shape index (κ3) is 6.26. The molecule has 0 aromatic heterocycles. The topological polar surface area (TPSA) is 52.6 Å². The molecular weight excluding hydrogens is 270 g/mol. The summed E-state index contributed by atoms with van der Waals surface area (Å²) in [7, 11) is 0. The van der Waals surface area contributed by atoms with Gasteiger partial charge in [-0.2, -0.15) is 0 Å². The molecule has 0 unspecified atom stereocenters. The van der Waals surface area contributed by atoms with E-state index in [9.17, 15) is 18.4 Å². The van der Waals surface area contributed by atoms with E-state index in [2.05, 4.69) is 0 Å². The Balaban J connectivity index is 2.31. The number of halogens is 2. The van der Waals surface area contributed by atoms with Crippen LogP contribution in [-0.4, -0.2) is 18.5 Å².